The second-order valence-corrected chi connectivity index (χ2v) is 8.75. The zero-order valence-electron chi connectivity index (χ0n) is 19.3. The fraction of sp³-hybridized carbons (Fsp3) is 0.826. The fourth-order valence-electron chi connectivity index (χ4n) is 4.27. The maximum atomic E-state index is 12.5. The number of nitrogens with one attached hydrogen (secondary N) is 2. The number of rotatable bonds is 10. The molecule has 2 rings (SSSR count). The van der Waals surface area contributed by atoms with Gasteiger partial charge >= 0.3 is 0 Å². The number of carbonyl (C=O) groups is 4. The molecule has 0 saturated carbocycles. The van der Waals surface area contributed by atoms with Gasteiger partial charge in [-0.3, -0.25) is 19.2 Å². The van der Waals surface area contributed by atoms with Crippen LogP contribution in [0.4, 0.5) is 0 Å². The smallest absolute Gasteiger partial charge is 0.223 e. The van der Waals surface area contributed by atoms with E-state index in [2.05, 4.69) is 10.6 Å². The topological polar surface area (TPSA) is 98.8 Å². The third kappa shape index (κ3) is 8.15. The Hall–Kier alpha value is -2.12. The van der Waals surface area contributed by atoms with Gasteiger partial charge in [-0.1, -0.05) is 13.8 Å². The van der Waals surface area contributed by atoms with Crippen molar-refractivity contribution in [2.75, 3.05) is 39.3 Å². The molecule has 0 bridgehead atoms. The van der Waals surface area contributed by atoms with Gasteiger partial charge < -0.3 is 20.4 Å². The quantitative estimate of drug-likeness (QED) is 0.544. The van der Waals surface area contributed by atoms with Crippen LogP contribution in [-0.4, -0.2) is 72.7 Å². The normalized spacial score (nSPS) is 18.0. The molecule has 0 radical (unpaired) electrons. The molecule has 0 spiro atoms. The van der Waals surface area contributed by atoms with E-state index in [1.807, 2.05) is 23.6 Å². The highest BCUT2D eigenvalue weighted by molar-refractivity contribution is 5.81. The Labute approximate surface area is 186 Å². The first-order valence-corrected chi connectivity index (χ1v) is 12.1. The molecule has 0 atom stereocenters. The molecule has 0 aromatic carbocycles. The molecule has 2 fully saturated rings. The number of nitrogens with zero attached hydrogens (tertiary/aromatic N) is 2. The predicted octanol–water partition coefficient (Wildman–Crippen LogP) is 1.69. The van der Waals surface area contributed by atoms with E-state index >= 15 is 0 Å². The van der Waals surface area contributed by atoms with Crippen molar-refractivity contribution in [3.8, 4) is 0 Å². The van der Waals surface area contributed by atoms with Crippen molar-refractivity contribution in [3.63, 3.8) is 0 Å². The summed E-state index contributed by atoms with van der Waals surface area (Å²) >= 11 is 0. The van der Waals surface area contributed by atoms with Crippen molar-refractivity contribution in [2.24, 2.45) is 11.8 Å². The van der Waals surface area contributed by atoms with Crippen LogP contribution in [0.5, 0.6) is 0 Å². The molecule has 2 heterocycles. The summed E-state index contributed by atoms with van der Waals surface area (Å²) in [5, 5.41) is 5.87. The maximum absolute atomic E-state index is 12.5. The Bertz CT molecular complexity index is 557. The zero-order valence-corrected chi connectivity index (χ0v) is 19.3. The van der Waals surface area contributed by atoms with E-state index in [4.69, 9.17) is 0 Å². The van der Waals surface area contributed by atoms with Gasteiger partial charge in [0.1, 0.15) is 0 Å². The number of amides is 4. The number of hydrogen-bond donors (Lipinski definition) is 2. The molecule has 2 N–H and O–H groups in total. The molecule has 8 heteroatoms. The molecule has 2 aliphatic rings. The first kappa shape index (κ1) is 25.1. The van der Waals surface area contributed by atoms with Crippen LogP contribution in [-0.2, 0) is 19.2 Å². The van der Waals surface area contributed by atoms with E-state index in [9.17, 15) is 19.2 Å². The lowest BCUT2D eigenvalue weighted by Crippen LogP contribution is -2.43. The van der Waals surface area contributed by atoms with Gasteiger partial charge in [0.15, 0.2) is 0 Å². The highest BCUT2D eigenvalue weighted by Gasteiger charge is 2.28. The van der Waals surface area contributed by atoms with Crippen LogP contribution >= 0.6 is 0 Å². The van der Waals surface area contributed by atoms with E-state index in [-0.39, 0.29) is 35.5 Å². The number of hydrogen-bond acceptors (Lipinski definition) is 4. The van der Waals surface area contributed by atoms with Gasteiger partial charge in [0, 0.05) is 63.9 Å². The first-order valence-electron chi connectivity index (χ1n) is 12.1. The lowest BCUT2D eigenvalue weighted by Gasteiger charge is -2.32. The Balaban J connectivity index is 1.61. The summed E-state index contributed by atoms with van der Waals surface area (Å²) in [7, 11) is 0. The average Bonchev–Trinajstić information content (AvgIpc) is 2.80. The molecular formula is C23H40N4O4. The van der Waals surface area contributed by atoms with Crippen molar-refractivity contribution in [1.29, 1.82) is 0 Å². The molecule has 31 heavy (non-hydrogen) atoms. The number of carbonyl (C=O) groups excluding carboxylic acids is 4. The minimum absolute atomic E-state index is 0.00385. The van der Waals surface area contributed by atoms with Crippen LogP contribution in [0, 0.1) is 11.8 Å². The van der Waals surface area contributed by atoms with Crippen LogP contribution in [0.1, 0.15) is 71.6 Å². The Morgan fingerprint density at radius 2 is 1.03 bits per heavy atom. The summed E-state index contributed by atoms with van der Waals surface area (Å²) in [6.45, 7) is 7.93. The van der Waals surface area contributed by atoms with Crippen LogP contribution in [0.2, 0.25) is 0 Å². The second-order valence-electron chi connectivity index (χ2n) is 8.75. The first-order chi connectivity index (χ1) is 15.0. The van der Waals surface area contributed by atoms with Gasteiger partial charge in [0.05, 0.1) is 0 Å². The SMILES string of the molecule is CCCNC(=O)C1CCN(C(=O)CCCC(=O)N2CCC(C(=O)NCCC)CC2)CC1. The zero-order chi connectivity index (χ0) is 22.6. The molecule has 2 saturated heterocycles. The standard InChI is InChI=1S/C23H40N4O4/c1-3-12-24-22(30)18-8-14-26(15-9-18)20(28)6-5-7-21(29)27-16-10-19(11-17-27)23(31)25-13-4-2/h18-19H,3-17H2,1-2H3,(H,24,30)(H,25,31). The monoisotopic (exact) mass is 436 g/mol. The van der Waals surface area contributed by atoms with Gasteiger partial charge in [-0.15, -0.1) is 0 Å². The molecule has 0 aromatic heterocycles. The molecular weight excluding hydrogens is 396 g/mol. The van der Waals surface area contributed by atoms with Crippen LogP contribution in [0.3, 0.4) is 0 Å². The van der Waals surface area contributed by atoms with Gasteiger partial charge in [-0.25, -0.2) is 0 Å². The van der Waals surface area contributed by atoms with Crippen molar-refractivity contribution < 1.29 is 19.2 Å². The third-order valence-electron chi connectivity index (χ3n) is 6.32. The Morgan fingerprint density at radius 1 is 0.677 bits per heavy atom. The second kappa shape index (κ2) is 13.3. The number of likely N-dealkylation sites (tertiary alicyclic amines) is 2. The third-order valence-corrected chi connectivity index (χ3v) is 6.32. The molecule has 0 aromatic rings. The Morgan fingerprint density at radius 3 is 1.35 bits per heavy atom. The summed E-state index contributed by atoms with van der Waals surface area (Å²) in [6.07, 6.45) is 5.97. The largest absolute Gasteiger partial charge is 0.356 e. The minimum Gasteiger partial charge on any atom is -0.356 e. The summed E-state index contributed by atoms with van der Waals surface area (Å²) in [5.74, 6) is 0.365. The average molecular weight is 437 g/mol. The molecule has 176 valence electrons. The van der Waals surface area contributed by atoms with E-state index < -0.39 is 0 Å². The molecule has 0 unspecified atom stereocenters. The summed E-state index contributed by atoms with van der Waals surface area (Å²) in [5.41, 5.74) is 0. The minimum atomic E-state index is 0.00385. The Kier molecular flexibility index (Phi) is 10.8. The van der Waals surface area contributed by atoms with Gasteiger partial charge in [-0.05, 0) is 44.9 Å². The summed E-state index contributed by atoms with van der Waals surface area (Å²) < 4.78 is 0. The molecule has 2 aliphatic heterocycles. The van der Waals surface area contributed by atoms with Crippen molar-refractivity contribution in [2.45, 2.75) is 71.6 Å². The number of piperidine rings is 2. The van der Waals surface area contributed by atoms with E-state index in [0.29, 0.717) is 84.2 Å². The van der Waals surface area contributed by atoms with E-state index in [0.717, 1.165) is 12.8 Å². The fourth-order valence-corrected chi connectivity index (χ4v) is 4.27. The summed E-state index contributed by atoms with van der Waals surface area (Å²) in [6, 6.07) is 0. The van der Waals surface area contributed by atoms with E-state index in [1.54, 1.807) is 0 Å². The van der Waals surface area contributed by atoms with Gasteiger partial charge in [0.25, 0.3) is 0 Å². The van der Waals surface area contributed by atoms with Gasteiger partial charge in [-0.2, -0.15) is 0 Å². The molecule has 8 nitrogen and oxygen atoms in total. The summed E-state index contributed by atoms with van der Waals surface area (Å²) in [4.78, 5) is 52.7. The van der Waals surface area contributed by atoms with Crippen molar-refractivity contribution >= 4 is 23.6 Å². The molecule has 4 amide bonds. The highest BCUT2D eigenvalue weighted by atomic mass is 16.2. The predicted molar refractivity (Wildman–Crippen MR) is 119 cm³/mol. The van der Waals surface area contributed by atoms with Crippen LogP contribution < -0.4 is 10.6 Å². The van der Waals surface area contributed by atoms with Crippen molar-refractivity contribution in [3.05, 3.63) is 0 Å². The van der Waals surface area contributed by atoms with Crippen LogP contribution in [0.25, 0.3) is 0 Å². The lowest BCUT2D eigenvalue weighted by molar-refractivity contribution is -0.137. The van der Waals surface area contributed by atoms with Gasteiger partial charge in [0.2, 0.25) is 23.6 Å². The van der Waals surface area contributed by atoms with Crippen molar-refractivity contribution in [1.82, 2.24) is 20.4 Å². The van der Waals surface area contributed by atoms with E-state index in [1.165, 1.54) is 0 Å². The molecule has 0 aliphatic carbocycles. The van der Waals surface area contributed by atoms with Crippen LogP contribution in [0.15, 0.2) is 0 Å². The maximum Gasteiger partial charge on any atom is 0.223 e. The highest BCUT2D eigenvalue weighted by Crippen LogP contribution is 2.20. The lowest BCUT2D eigenvalue weighted by atomic mass is 9.95.